The summed E-state index contributed by atoms with van der Waals surface area (Å²) in [5, 5.41) is 8.91. The molecule has 0 aromatic rings. The zero-order valence-electron chi connectivity index (χ0n) is 3.16. The summed E-state index contributed by atoms with van der Waals surface area (Å²) >= 11 is 0. The van der Waals surface area contributed by atoms with Crippen molar-refractivity contribution in [3.8, 4) is 0 Å². The van der Waals surface area contributed by atoms with Crippen LogP contribution >= 0.6 is 8.96 Å². The Balaban J connectivity index is 0. The van der Waals surface area contributed by atoms with Gasteiger partial charge in [0.2, 0.25) is 0 Å². The molecule has 0 atom stereocenters. The van der Waals surface area contributed by atoms with E-state index < -0.39 is 13.7 Å². The molecule has 0 aliphatic carbocycles. The maximum absolute atomic E-state index is 8.91. The normalized spacial score (nSPS) is 8.17. The van der Waals surface area contributed by atoms with Gasteiger partial charge < -0.3 is 4.89 Å². The molecule has 0 fully saturated rings. The third-order valence-electron chi connectivity index (χ3n) is 0.0730. The van der Waals surface area contributed by atoms with Gasteiger partial charge in [0.25, 0.3) is 0 Å². The number of hydrogen-bond acceptors (Lipinski definition) is 3. The molecule has 0 bridgehead atoms. The van der Waals surface area contributed by atoms with Crippen LogP contribution in [-0.2, 0) is 0 Å². The Morgan fingerprint density at radius 1 is 1.83 bits per heavy atom. The average molecular weight is 101 g/mol. The Morgan fingerprint density at radius 3 is 2.00 bits per heavy atom. The van der Waals surface area contributed by atoms with Gasteiger partial charge in [0.15, 0.2) is 0 Å². The van der Waals surface area contributed by atoms with Crippen LogP contribution in [0, 0.1) is 10.1 Å². The second-order valence-corrected chi connectivity index (χ2v) is 0.833. The van der Waals surface area contributed by atoms with Crippen LogP contribution in [0.4, 0.5) is 0 Å². The molecule has 6 heteroatoms. The summed E-state index contributed by atoms with van der Waals surface area (Å²) < 4.78 is -0.847. The molecule has 0 heterocycles. The van der Waals surface area contributed by atoms with E-state index in [1.165, 1.54) is 0 Å². The summed E-state index contributed by atoms with van der Waals surface area (Å²) in [5.74, 6) is 0. The molecule has 0 saturated carbocycles. The minimum absolute atomic E-state index is 0. The predicted octanol–water partition coefficient (Wildman–Crippen LogP) is -2.96. The van der Waals surface area contributed by atoms with Crippen molar-refractivity contribution in [1.82, 2.24) is 0 Å². The van der Waals surface area contributed by atoms with Crippen molar-refractivity contribution in [2.24, 2.45) is 0 Å². The fourth-order valence-electron chi connectivity index (χ4n) is 0. The maximum atomic E-state index is 8.91. The van der Waals surface area contributed by atoms with E-state index in [0.29, 0.717) is 0 Å². The topological polar surface area (TPSA) is 63.4 Å². The molecule has 0 aromatic carbocycles. The van der Waals surface area contributed by atoms with Gasteiger partial charge in [-0.05, 0) is 0 Å². The predicted molar refractivity (Wildman–Crippen MR) is 16.1 cm³/mol. The molecule has 0 saturated heterocycles. The molecule has 6 heavy (non-hydrogen) atoms. The molecule has 4 nitrogen and oxygen atoms in total. The maximum Gasteiger partial charge on any atom is 1.00 e. The van der Waals surface area contributed by atoms with E-state index in [-0.39, 0.29) is 18.9 Å². The SMILES string of the molecule is O=[N+]([O-])[P-]O.[Li+]. The van der Waals surface area contributed by atoms with Gasteiger partial charge in [-0.15, -0.1) is 4.69 Å². The van der Waals surface area contributed by atoms with Gasteiger partial charge in [-0.2, -0.15) is 0 Å². The van der Waals surface area contributed by atoms with E-state index in [1.807, 2.05) is 0 Å². The molecule has 0 unspecified atom stereocenters. The van der Waals surface area contributed by atoms with Gasteiger partial charge in [-0.1, -0.05) is 0 Å². The van der Waals surface area contributed by atoms with Crippen LogP contribution in [0.3, 0.4) is 0 Å². The summed E-state index contributed by atoms with van der Waals surface area (Å²) in [6.07, 6.45) is 0. The van der Waals surface area contributed by atoms with E-state index in [0.717, 1.165) is 0 Å². The van der Waals surface area contributed by atoms with E-state index in [4.69, 9.17) is 15.0 Å². The standard InChI is InChI=1S/Li.HNO3P/c;2-1(3)5-4/h;4H/q+1;-1. The zero-order chi connectivity index (χ0) is 4.28. The van der Waals surface area contributed by atoms with Gasteiger partial charge in [-0.25, -0.2) is 0 Å². The van der Waals surface area contributed by atoms with Gasteiger partial charge >= 0.3 is 18.9 Å². The minimum atomic E-state index is -0.847. The molecule has 0 rings (SSSR count). The van der Waals surface area contributed by atoms with Crippen LogP contribution in [0.5, 0.6) is 0 Å². The first-order chi connectivity index (χ1) is 2.27. The fraction of sp³-hybridized carbons (Fsp3) is 0. The Morgan fingerprint density at radius 2 is 2.00 bits per heavy atom. The molecule has 0 aliphatic rings. The molecule has 30 valence electrons. The molecule has 0 aliphatic heterocycles. The molecule has 0 radical (unpaired) electrons. The molecular weight excluding hydrogens is 99.9 g/mol. The second-order valence-electron chi connectivity index (χ2n) is 0.327. The van der Waals surface area contributed by atoms with Crippen LogP contribution in [0.1, 0.15) is 0 Å². The first kappa shape index (κ1) is 9.63. The fourth-order valence-corrected chi connectivity index (χ4v) is 0. The van der Waals surface area contributed by atoms with Crippen LogP contribution in [0.15, 0.2) is 0 Å². The Kier molecular flexibility index (Phi) is 8.65. The zero-order valence-corrected chi connectivity index (χ0v) is 4.05. The van der Waals surface area contributed by atoms with Gasteiger partial charge in [0.1, 0.15) is 0 Å². The van der Waals surface area contributed by atoms with Crippen LogP contribution in [0.25, 0.3) is 0 Å². The van der Waals surface area contributed by atoms with Crippen LogP contribution in [-0.4, -0.2) is 9.59 Å². The van der Waals surface area contributed by atoms with Crippen LogP contribution in [0.2, 0.25) is 0 Å². The summed E-state index contributed by atoms with van der Waals surface area (Å²) in [5.41, 5.74) is 0. The molecule has 0 spiro atoms. The van der Waals surface area contributed by atoms with Gasteiger partial charge in [-0.3, -0.25) is 10.1 Å². The van der Waals surface area contributed by atoms with Gasteiger partial charge in [0.05, 0.1) is 0 Å². The summed E-state index contributed by atoms with van der Waals surface area (Å²) in [6.45, 7) is 0. The van der Waals surface area contributed by atoms with Crippen molar-refractivity contribution in [1.29, 1.82) is 0 Å². The van der Waals surface area contributed by atoms with E-state index in [1.54, 1.807) is 0 Å². The van der Waals surface area contributed by atoms with Crippen molar-refractivity contribution < 1.29 is 28.4 Å². The summed E-state index contributed by atoms with van der Waals surface area (Å²) in [7, 11) is -0.781. The van der Waals surface area contributed by atoms with Crippen molar-refractivity contribution in [3.05, 3.63) is 10.1 Å². The number of hydrogen-bond donors (Lipinski definition) is 1. The quantitative estimate of drug-likeness (QED) is 0.166. The number of nitro groups is 1. The first-order valence-electron chi connectivity index (χ1n) is 0.765. The smallest absolute Gasteiger partial charge is 0.498 e. The Labute approximate surface area is 48.2 Å². The van der Waals surface area contributed by atoms with E-state index >= 15 is 0 Å². The van der Waals surface area contributed by atoms with Crippen molar-refractivity contribution >= 4 is 8.96 Å². The molecule has 0 amide bonds. The van der Waals surface area contributed by atoms with Crippen LogP contribution < -0.4 is 18.9 Å². The van der Waals surface area contributed by atoms with Crippen molar-refractivity contribution in [2.45, 2.75) is 0 Å². The second kappa shape index (κ2) is 5.39. The molecule has 0 aromatic heterocycles. The summed E-state index contributed by atoms with van der Waals surface area (Å²) in [6, 6.07) is 0. The average Bonchev–Trinajstić information content (AvgIpc) is 1.38. The Bertz CT molecular complexity index is 46.1. The minimum Gasteiger partial charge on any atom is -0.498 e. The van der Waals surface area contributed by atoms with Crippen molar-refractivity contribution in [2.75, 3.05) is 0 Å². The monoisotopic (exact) mass is 101 g/mol. The van der Waals surface area contributed by atoms with Gasteiger partial charge in [0, 0.05) is 8.96 Å². The first-order valence-corrected chi connectivity index (χ1v) is 1.57. The summed E-state index contributed by atoms with van der Waals surface area (Å²) in [4.78, 5) is 16.3. The van der Waals surface area contributed by atoms with Crippen molar-refractivity contribution in [3.63, 3.8) is 0 Å². The number of rotatable bonds is 1. The van der Waals surface area contributed by atoms with E-state index in [9.17, 15) is 0 Å². The number of nitrogens with zero attached hydrogens (tertiary/aromatic N) is 1. The largest absolute Gasteiger partial charge is 1.00 e. The van der Waals surface area contributed by atoms with E-state index in [2.05, 4.69) is 0 Å². The third-order valence-corrected chi connectivity index (χ3v) is 0.219. The molecule has 1 N–H and O–H groups in total. The third kappa shape index (κ3) is 8.83. The molecular formula is HLiNO3P. The Hall–Kier alpha value is 0.387.